The van der Waals surface area contributed by atoms with Crippen molar-refractivity contribution in [2.45, 2.75) is 6.92 Å². The molecular formula is C7H7N2O. The van der Waals surface area contributed by atoms with Gasteiger partial charge >= 0.3 is 0 Å². The molecule has 1 rings (SSSR count). The lowest BCUT2D eigenvalue weighted by Gasteiger charge is -1.96. The number of pyridine rings is 1. The number of hydrogen-bond donors (Lipinski definition) is 1. The summed E-state index contributed by atoms with van der Waals surface area (Å²) in [4.78, 5) is 14.3. The van der Waals surface area contributed by atoms with Gasteiger partial charge in [0.05, 0.1) is 0 Å². The van der Waals surface area contributed by atoms with Gasteiger partial charge in [0.15, 0.2) is 0 Å². The second-order valence-corrected chi connectivity index (χ2v) is 1.82. The number of nitrogens with one attached hydrogen (secondary N) is 1. The molecule has 51 valence electrons. The molecule has 1 radical (unpaired) electrons. The third-order valence-electron chi connectivity index (χ3n) is 0.920. The van der Waals surface area contributed by atoms with E-state index in [1.165, 1.54) is 13.1 Å². The number of nitrogens with zero attached hydrogens (tertiary/aromatic N) is 1. The van der Waals surface area contributed by atoms with Crippen molar-refractivity contribution in [3.05, 3.63) is 24.4 Å². The van der Waals surface area contributed by atoms with Gasteiger partial charge in [0.1, 0.15) is 5.82 Å². The zero-order valence-electron chi connectivity index (χ0n) is 5.59. The molecule has 3 nitrogen and oxygen atoms in total. The van der Waals surface area contributed by atoms with Crippen molar-refractivity contribution >= 4 is 11.7 Å². The standard InChI is InChI=1S/C7H7N2O/c1-6(10)9-7-4-2-3-5-8-7/h2,4-5H,1H3,(H,8,9,10). The lowest BCUT2D eigenvalue weighted by molar-refractivity contribution is -0.114. The van der Waals surface area contributed by atoms with E-state index in [4.69, 9.17) is 0 Å². The predicted molar refractivity (Wildman–Crippen MR) is 37.4 cm³/mol. The minimum atomic E-state index is -0.112. The highest BCUT2D eigenvalue weighted by Crippen LogP contribution is 1.97. The largest absolute Gasteiger partial charge is 0.311 e. The predicted octanol–water partition coefficient (Wildman–Crippen LogP) is 0.840. The van der Waals surface area contributed by atoms with E-state index in [1.807, 2.05) is 0 Å². The summed E-state index contributed by atoms with van der Waals surface area (Å²) < 4.78 is 0. The molecule has 0 unspecified atom stereocenters. The Morgan fingerprint density at radius 1 is 1.80 bits per heavy atom. The Morgan fingerprint density at radius 3 is 3.10 bits per heavy atom. The molecule has 0 saturated carbocycles. The van der Waals surface area contributed by atoms with Crippen molar-refractivity contribution in [1.29, 1.82) is 0 Å². The fourth-order valence-corrected chi connectivity index (χ4v) is 0.574. The molecule has 1 aromatic rings. The molecule has 0 aliphatic heterocycles. The Labute approximate surface area is 59.1 Å². The van der Waals surface area contributed by atoms with E-state index in [9.17, 15) is 4.79 Å². The molecule has 0 aliphatic rings. The zero-order chi connectivity index (χ0) is 7.40. The molecule has 0 bridgehead atoms. The average Bonchev–Trinajstić information content (AvgIpc) is 1.88. The van der Waals surface area contributed by atoms with Crippen molar-refractivity contribution < 1.29 is 4.79 Å². The monoisotopic (exact) mass is 135 g/mol. The fourth-order valence-electron chi connectivity index (χ4n) is 0.574. The van der Waals surface area contributed by atoms with Gasteiger partial charge < -0.3 is 5.32 Å². The molecule has 0 saturated heterocycles. The summed E-state index contributed by atoms with van der Waals surface area (Å²) >= 11 is 0. The number of carbonyl (C=O) groups is 1. The number of rotatable bonds is 1. The van der Waals surface area contributed by atoms with Crippen LogP contribution in [0.5, 0.6) is 0 Å². The van der Waals surface area contributed by atoms with Gasteiger partial charge in [0.2, 0.25) is 5.91 Å². The Morgan fingerprint density at radius 2 is 2.60 bits per heavy atom. The molecule has 1 aromatic heterocycles. The second-order valence-electron chi connectivity index (χ2n) is 1.82. The number of carbonyl (C=O) groups excluding carboxylic acids is 1. The number of aromatic nitrogens is 1. The minimum absolute atomic E-state index is 0.112. The van der Waals surface area contributed by atoms with E-state index in [2.05, 4.69) is 16.4 Å². The van der Waals surface area contributed by atoms with Crippen LogP contribution in [0.2, 0.25) is 0 Å². The van der Waals surface area contributed by atoms with Gasteiger partial charge in [-0.15, -0.1) is 0 Å². The Kier molecular flexibility index (Phi) is 1.99. The molecule has 0 fully saturated rings. The molecule has 1 amide bonds. The first-order valence-corrected chi connectivity index (χ1v) is 2.89. The highest BCUT2D eigenvalue weighted by atomic mass is 16.1. The molecule has 0 spiro atoms. The Hall–Kier alpha value is -1.38. The zero-order valence-corrected chi connectivity index (χ0v) is 5.59. The maximum Gasteiger partial charge on any atom is 0.222 e. The van der Waals surface area contributed by atoms with E-state index in [-0.39, 0.29) is 5.91 Å². The van der Waals surface area contributed by atoms with Gasteiger partial charge in [-0.25, -0.2) is 4.98 Å². The van der Waals surface area contributed by atoms with Crippen molar-refractivity contribution in [1.82, 2.24) is 4.98 Å². The van der Waals surface area contributed by atoms with Crippen molar-refractivity contribution in [2.75, 3.05) is 5.32 Å². The molecule has 1 heterocycles. The maximum absolute atomic E-state index is 10.5. The molecule has 0 atom stereocenters. The normalized spacial score (nSPS) is 8.90. The molecule has 3 heteroatoms. The van der Waals surface area contributed by atoms with E-state index in [0.717, 1.165) is 0 Å². The number of amides is 1. The Balaban J connectivity index is 2.67. The third-order valence-corrected chi connectivity index (χ3v) is 0.920. The highest BCUT2D eigenvalue weighted by molar-refractivity contribution is 5.87. The molecular weight excluding hydrogens is 128 g/mol. The molecule has 10 heavy (non-hydrogen) atoms. The van der Waals surface area contributed by atoms with Crippen LogP contribution in [-0.2, 0) is 4.79 Å². The lowest BCUT2D eigenvalue weighted by Crippen LogP contribution is -2.06. The van der Waals surface area contributed by atoms with Crippen LogP contribution in [0.4, 0.5) is 5.82 Å². The summed E-state index contributed by atoms with van der Waals surface area (Å²) in [6.45, 7) is 1.44. The highest BCUT2D eigenvalue weighted by Gasteiger charge is 1.91. The van der Waals surface area contributed by atoms with E-state index < -0.39 is 0 Å². The van der Waals surface area contributed by atoms with Crippen LogP contribution in [-0.4, -0.2) is 10.9 Å². The van der Waals surface area contributed by atoms with Crippen molar-refractivity contribution in [3.63, 3.8) is 0 Å². The third kappa shape index (κ3) is 1.85. The van der Waals surface area contributed by atoms with Crippen LogP contribution in [0.1, 0.15) is 6.92 Å². The average molecular weight is 135 g/mol. The quantitative estimate of drug-likeness (QED) is 0.620. The summed E-state index contributed by atoms with van der Waals surface area (Å²) in [7, 11) is 0. The van der Waals surface area contributed by atoms with Crippen LogP contribution in [0.25, 0.3) is 0 Å². The van der Waals surface area contributed by atoms with E-state index in [1.54, 1.807) is 12.1 Å². The SMILES string of the molecule is CC(=O)Nc1cc[c]cn1. The van der Waals surface area contributed by atoms with Crippen LogP contribution in [0.3, 0.4) is 0 Å². The minimum Gasteiger partial charge on any atom is -0.311 e. The second kappa shape index (κ2) is 2.96. The van der Waals surface area contributed by atoms with E-state index >= 15 is 0 Å². The fraction of sp³-hybridized carbons (Fsp3) is 0.143. The van der Waals surface area contributed by atoms with Gasteiger partial charge in [-0.3, -0.25) is 4.79 Å². The molecule has 1 N–H and O–H groups in total. The van der Waals surface area contributed by atoms with Crippen LogP contribution in [0.15, 0.2) is 18.3 Å². The summed E-state index contributed by atoms with van der Waals surface area (Å²) in [5, 5.41) is 2.53. The summed E-state index contributed by atoms with van der Waals surface area (Å²) in [6.07, 6.45) is 1.51. The number of anilines is 1. The van der Waals surface area contributed by atoms with Gasteiger partial charge in [-0.1, -0.05) is 0 Å². The van der Waals surface area contributed by atoms with Crippen LogP contribution < -0.4 is 5.32 Å². The molecule has 0 aliphatic carbocycles. The topological polar surface area (TPSA) is 42.0 Å². The van der Waals surface area contributed by atoms with Gasteiger partial charge in [-0.05, 0) is 12.1 Å². The maximum atomic E-state index is 10.5. The van der Waals surface area contributed by atoms with Crippen molar-refractivity contribution in [3.8, 4) is 0 Å². The van der Waals surface area contributed by atoms with Gasteiger partial charge in [-0.2, -0.15) is 0 Å². The first-order valence-electron chi connectivity index (χ1n) is 2.89. The summed E-state index contributed by atoms with van der Waals surface area (Å²) in [5.74, 6) is 0.449. The summed E-state index contributed by atoms with van der Waals surface area (Å²) in [6, 6.07) is 6.12. The Bertz CT molecular complexity index is 220. The first-order chi connectivity index (χ1) is 4.79. The lowest BCUT2D eigenvalue weighted by atomic mass is 10.4. The van der Waals surface area contributed by atoms with Gasteiger partial charge in [0.25, 0.3) is 0 Å². The number of hydrogen-bond acceptors (Lipinski definition) is 2. The van der Waals surface area contributed by atoms with Crippen molar-refractivity contribution in [2.24, 2.45) is 0 Å². The molecule has 0 aromatic carbocycles. The first kappa shape index (κ1) is 6.74. The van der Waals surface area contributed by atoms with Crippen LogP contribution in [0, 0.1) is 6.07 Å². The van der Waals surface area contributed by atoms with E-state index in [0.29, 0.717) is 5.82 Å². The van der Waals surface area contributed by atoms with Crippen LogP contribution >= 0.6 is 0 Å². The smallest absolute Gasteiger partial charge is 0.222 e. The summed E-state index contributed by atoms with van der Waals surface area (Å²) in [5.41, 5.74) is 0. The van der Waals surface area contributed by atoms with Gasteiger partial charge in [0, 0.05) is 19.2 Å².